The van der Waals surface area contributed by atoms with Crippen molar-refractivity contribution in [2.75, 3.05) is 13.2 Å². The molecule has 1 fully saturated rings. The van der Waals surface area contributed by atoms with E-state index in [0.717, 1.165) is 25.1 Å². The first-order valence-corrected chi connectivity index (χ1v) is 4.55. The van der Waals surface area contributed by atoms with Gasteiger partial charge in [0.1, 0.15) is 0 Å². The van der Waals surface area contributed by atoms with E-state index in [4.69, 9.17) is 4.74 Å². The van der Waals surface area contributed by atoms with Crippen molar-refractivity contribution >= 4 is 0 Å². The highest BCUT2D eigenvalue weighted by atomic mass is 16.5. The molecule has 0 saturated heterocycles. The zero-order valence-corrected chi connectivity index (χ0v) is 7.76. The second-order valence-corrected chi connectivity index (χ2v) is 3.69. The molecule has 0 heterocycles. The van der Waals surface area contributed by atoms with Gasteiger partial charge in [-0.05, 0) is 26.2 Å². The minimum atomic E-state index is 0.369. The van der Waals surface area contributed by atoms with Gasteiger partial charge in [-0.2, -0.15) is 0 Å². The maximum absolute atomic E-state index is 5.39. The van der Waals surface area contributed by atoms with E-state index in [0.29, 0.717) is 6.10 Å². The maximum Gasteiger partial charge on any atom is 0.0594 e. The minimum absolute atomic E-state index is 0.369. The van der Waals surface area contributed by atoms with E-state index in [1.54, 1.807) is 0 Å². The van der Waals surface area contributed by atoms with E-state index in [9.17, 15) is 0 Å². The van der Waals surface area contributed by atoms with Crippen LogP contribution in [0.1, 0.15) is 27.2 Å². The zero-order valence-electron chi connectivity index (χ0n) is 7.76. The van der Waals surface area contributed by atoms with Gasteiger partial charge in [0.05, 0.1) is 12.7 Å². The third-order valence-corrected chi connectivity index (χ3v) is 2.07. The average Bonchev–Trinajstić information content (AvgIpc) is 2.59. The van der Waals surface area contributed by atoms with Crippen molar-refractivity contribution in [3.8, 4) is 0 Å². The van der Waals surface area contributed by atoms with E-state index in [1.807, 2.05) is 0 Å². The van der Waals surface area contributed by atoms with Crippen LogP contribution in [0, 0.1) is 5.92 Å². The van der Waals surface area contributed by atoms with Crippen LogP contribution in [0.25, 0.3) is 0 Å². The van der Waals surface area contributed by atoms with Crippen molar-refractivity contribution in [1.82, 2.24) is 5.32 Å². The lowest BCUT2D eigenvalue weighted by atomic mass is 10.4. The van der Waals surface area contributed by atoms with Crippen LogP contribution in [0.3, 0.4) is 0 Å². The minimum Gasteiger partial charge on any atom is -0.377 e. The average molecular weight is 157 g/mol. The van der Waals surface area contributed by atoms with Gasteiger partial charge in [-0.15, -0.1) is 0 Å². The number of ether oxygens (including phenoxy) is 1. The van der Waals surface area contributed by atoms with Gasteiger partial charge in [-0.3, -0.25) is 0 Å². The maximum atomic E-state index is 5.39. The summed E-state index contributed by atoms with van der Waals surface area (Å²) in [6.45, 7) is 8.27. The second-order valence-electron chi connectivity index (χ2n) is 3.69. The molecule has 0 aromatic heterocycles. The Labute approximate surface area is 69.3 Å². The van der Waals surface area contributed by atoms with Crippen molar-refractivity contribution in [2.24, 2.45) is 5.92 Å². The van der Waals surface area contributed by atoms with Gasteiger partial charge in [-0.1, -0.05) is 6.92 Å². The first-order valence-electron chi connectivity index (χ1n) is 4.55. The van der Waals surface area contributed by atoms with Gasteiger partial charge in [0.25, 0.3) is 0 Å². The number of hydrogen-bond donors (Lipinski definition) is 1. The van der Waals surface area contributed by atoms with E-state index < -0.39 is 0 Å². The second kappa shape index (κ2) is 4.07. The Morgan fingerprint density at radius 2 is 2.18 bits per heavy atom. The summed E-state index contributed by atoms with van der Waals surface area (Å²) in [6, 6.07) is 0.783. The third-order valence-electron chi connectivity index (χ3n) is 2.07. The molecule has 66 valence electrons. The third kappa shape index (κ3) is 3.73. The highest BCUT2D eigenvalue weighted by Crippen LogP contribution is 2.28. The highest BCUT2D eigenvalue weighted by Gasteiger charge is 2.31. The number of nitrogens with one attached hydrogen (secondary N) is 1. The van der Waals surface area contributed by atoms with Gasteiger partial charge < -0.3 is 10.1 Å². The Hall–Kier alpha value is -0.0800. The first-order chi connectivity index (χ1) is 5.20. The van der Waals surface area contributed by atoms with Crippen molar-refractivity contribution in [2.45, 2.75) is 39.3 Å². The molecule has 2 unspecified atom stereocenters. The summed E-state index contributed by atoms with van der Waals surface area (Å²) >= 11 is 0. The summed E-state index contributed by atoms with van der Waals surface area (Å²) in [5, 5.41) is 3.44. The largest absolute Gasteiger partial charge is 0.377 e. The van der Waals surface area contributed by atoms with E-state index in [2.05, 4.69) is 26.1 Å². The Balaban J connectivity index is 1.81. The fourth-order valence-electron chi connectivity index (χ4n) is 1.15. The molecule has 1 rings (SSSR count). The lowest BCUT2D eigenvalue weighted by molar-refractivity contribution is 0.0805. The lowest BCUT2D eigenvalue weighted by Gasteiger charge is -2.07. The Kier molecular flexibility index (Phi) is 3.34. The summed E-state index contributed by atoms with van der Waals surface area (Å²) < 4.78 is 5.39. The SMILES string of the molecule is CC(C)OCCNC1CC1C. The summed E-state index contributed by atoms with van der Waals surface area (Å²) in [4.78, 5) is 0. The zero-order chi connectivity index (χ0) is 8.27. The predicted molar refractivity (Wildman–Crippen MR) is 46.7 cm³/mol. The quantitative estimate of drug-likeness (QED) is 0.609. The Bertz CT molecular complexity index is 114. The smallest absolute Gasteiger partial charge is 0.0594 e. The Morgan fingerprint density at radius 3 is 2.64 bits per heavy atom. The highest BCUT2D eigenvalue weighted by molar-refractivity contribution is 4.89. The lowest BCUT2D eigenvalue weighted by Crippen LogP contribution is -2.24. The molecule has 0 aliphatic heterocycles. The molecule has 1 N–H and O–H groups in total. The number of rotatable bonds is 5. The molecular formula is C9H19NO. The van der Waals surface area contributed by atoms with Gasteiger partial charge >= 0.3 is 0 Å². The molecule has 2 heteroatoms. The molecule has 0 radical (unpaired) electrons. The van der Waals surface area contributed by atoms with Crippen LogP contribution in [0.4, 0.5) is 0 Å². The van der Waals surface area contributed by atoms with Crippen LogP contribution in [0.15, 0.2) is 0 Å². The molecule has 1 aliphatic carbocycles. The molecular weight excluding hydrogens is 138 g/mol. The van der Waals surface area contributed by atoms with Crippen molar-refractivity contribution in [3.63, 3.8) is 0 Å². The van der Waals surface area contributed by atoms with Gasteiger partial charge in [0, 0.05) is 12.6 Å². The summed E-state index contributed by atoms with van der Waals surface area (Å²) in [5.74, 6) is 0.897. The monoisotopic (exact) mass is 157 g/mol. The summed E-state index contributed by atoms with van der Waals surface area (Å²) in [6.07, 6.45) is 1.72. The van der Waals surface area contributed by atoms with Gasteiger partial charge in [0.15, 0.2) is 0 Å². The van der Waals surface area contributed by atoms with E-state index in [1.165, 1.54) is 6.42 Å². The molecule has 0 spiro atoms. The standard InChI is InChI=1S/C9H19NO/c1-7(2)11-5-4-10-9-6-8(9)3/h7-10H,4-6H2,1-3H3. The van der Waals surface area contributed by atoms with Crippen LogP contribution in [0.5, 0.6) is 0 Å². The molecule has 0 aromatic carbocycles. The molecule has 0 bridgehead atoms. The van der Waals surface area contributed by atoms with E-state index in [-0.39, 0.29) is 0 Å². The predicted octanol–water partition coefficient (Wildman–Crippen LogP) is 1.41. The molecule has 2 atom stereocenters. The van der Waals surface area contributed by atoms with E-state index >= 15 is 0 Å². The fraction of sp³-hybridized carbons (Fsp3) is 1.00. The first kappa shape index (κ1) is 9.01. The molecule has 0 amide bonds. The normalized spacial score (nSPS) is 29.5. The topological polar surface area (TPSA) is 21.3 Å². The summed E-state index contributed by atoms with van der Waals surface area (Å²) in [7, 11) is 0. The van der Waals surface area contributed by atoms with Crippen LogP contribution in [-0.4, -0.2) is 25.3 Å². The van der Waals surface area contributed by atoms with Crippen molar-refractivity contribution in [3.05, 3.63) is 0 Å². The Morgan fingerprint density at radius 1 is 1.55 bits per heavy atom. The number of hydrogen-bond acceptors (Lipinski definition) is 2. The summed E-state index contributed by atoms with van der Waals surface area (Å²) in [5.41, 5.74) is 0. The van der Waals surface area contributed by atoms with Gasteiger partial charge in [0.2, 0.25) is 0 Å². The molecule has 1 aliphatic rings. The molecule has 0 aromatic rings. The van der Waals surface area contributed by atoms with Crippen LogP contribution >= 0.6 is 0 Å². The molecule has 1 saturated carbocycles. The fourth-order valence-corrected chi connectivity index (χ4v) is 1.15. The van der Waals surface area contributed by atoms with Gasteiger partial charge in [-0.25, -0.2) is 0 Å². The molecule has 11 heavy (non-hydrogen) atoms. The van der Waals surface area contributed by atoms with Crippen molar-refractivity contribution in [1.29, 1.82) is 0 Å². The van der Waals surface area contributed by atoms with Crippen LogP contribution in [-0.2, 0) is 4.74 Å². The van der Waals surface area contributed by atoms with Crippen LogP contribution in [0.2, 0.25) is 0 Å². The van der Waals surface area contributed by atoms with Crippen molar-refractivity contribution < 1.29 is 4.74 Å². The molecule has 2 nitrogen and oxygen atoms in total. The van der Waals surface area contributed by atoms with Crippen LogP contribution < -0.4 is 5.32 Å².